The van der Waals surface area contributed by atoms with Gasteiger partial charge in [0.2, 0.25) is 0 Å². The highest BCUT2D eigenvalue weighted by Crippen LogP contribution is 2.24. The van der Waals surface area contributed by atoms with Crippen molar-refractivity contribution < 1.29 is 9.15 Å². The van der Waals surface area contributed by atoms with Crippen LogP contribution < -0.4 is 5.32 Å². The summed E-state index contributed by atoms with van der Waals surface area (Å²) in [4.78, 5) is 2.47. The molecule has 4 heteroatoms. The van der Waals surface area contributed by atoms with E-state index < -0.39 is 0 Å². The van der Waals surface area contributed by atoms with Crippen LogP contribution in [0.15, 0.2) is 34.7 Å². The molecule has 1 fully saturated rings. The molecule has 114 valence electrons. The fraction of sp³-hybridized carbons (Fsp3) is 0.529. The lowest BCUT2D eigenvalue weighted by Crippen LogP contribution is -2.36. The number of nitrogens with zero attached hydrogens (tertiary/aromatic N) is 1. The summed E-state index contributed by atoms with van der Waals surface area (Å²) in [5, 5.41) is 4.73. The third-order valence-corrected chi connectivity index (χ3v) is 3.99. The predicted octanol–water partition coefficient (Wildman–Crippen LogP) is 2.81. The van der Waals surface area contributed by atoms with Crippen molar-refractivity contribution in [2.75, 3.05) is 39.4 Å². The molecule has 0 radical (unpaired) electrons. The van der Waals surface area contributed by atoms with Gasteiger partial charge in [-0.15, -0.1) is 0 Å². The number of para-hydroxylation sites is 1. The van der Waals surface area contributed by atoms with Gasteiger partial charge in [0.05, 0.1) is 12.6 Å². The molecule has 1 aromatic heterocycles. The van der Waals surface area contributed by atoms with Crippen LogP contribution in [0.25, 0.3) is 11.0 Å². The Morgan fingerprint density at radius 2 is 2.14 bits per heavy atom. The van der Waals surface area contributed by atoms with Crippen LogP contribution in [0.5, 0.6) is 0 Å². The number of likely N-dealkylation sites (N-methyl/N-ethyl adjacent to an activating group) is 1. The lowest BCUT2D eigenvalue weighted by Gasteiger charge is -2.25. The van der Waals surface area contributed by atoms with E-state index in [9.17, 15) is 0 Å². The van der Waals surface area contributed by atoms with Gasteiger partial charge in [0.25, 0.3) is 0 Å². The monoisotopic (exact) mass is 288 g/mol. The topological polar surface area (TPSA) is 37.6 Å². The summed E-state index contributed by atoms with van der Waals surface area (Å²) in [6.07, 6.45) is 1.11. The lowest BCUT2D eigenvalue weighted by atomic mass is 10.1. The highest BCUT2D eigenvalue weighted by atomic mass is 16.5. The van der Waals surface area contributed by atoms with Crippen LogP contribution in [0.2, 0.25) is 0 Å². The Morgan fingerprint density at radius 3 is 3.00 bits per heavy atom. The normalized spacial score (nSPS) is 18.7. The maximum atomic E-state index is 6.04. The Hall–Kier alpha value is -1.36. The smallest absolute Gasteiger partial charge is 0.134 e. The molecular weight excluding hydrogens is 264 g/mol. The van der Waals surface area contributed by atoms with Crippen LogP contribution in [0.1, 0.15) is 25.1 Å². The van der Waals surface area contributed by atoms with Gasteiger partial charge in [-0.2, -0.15) is 0 Å². The Kier molecular flexibility index (Phi) is 4.91. The fourth-order valence-corrected chi connectivity index (χ4v) is 2.91. The van der Waals surface area contributed by atoms with Gasteiger partial charge in [-0.1, -0.05) is 25.1 Å². The SMILES string of the molecule is CCNC(CN1CCCOCC1)c1cc2ccccc2o1. The van der Waals surface area contributed by atoms with E-state index in [0.717, 1.165) is 57.2 Å². The first-order chi connectivity index (χ1) is 10.4. The van der Waals surface area contributed by atoms with Crippen molar-refractivity contribution in [3.05, 3.63) is 36.1 Å². The average molecular weight is 288 g/mol. The zero-order valence-electron chi connectivity index (χ0n) is 12.7. The Labute approximate surface area is 126 Å². The van der Waals surface area contributed by atoms with Crippen molar-refractivity contribution in [1.29, 1.82) is 0 Å². The van der Waals surface area contributed by atoms with Crippen molar-refractivity contribution in [2.24, 2.45) is 0 Å². The number of nitrogens with one attached hydrogen (secondary N) is 1. The molecule has 1 aromatic carbocycles. The first-order valence-corrected chi connectivity index (χ1v) is 7.89. The zero-order valence-corrected chi connectivity index (χ0v) is 12.7. The second-order valence-corrected chi connectivity index (χ2v) is 5.56. The first-order valence-electron chi connectivity index (χ1n) is 7.89. The van der Waals surface area contributed by atoms with E-state index in [2.05, 4.69) is 35.3 Å². The maximum absolute atomic E-state index is 6.04. The summed E-state index contributed by atoms with van der Waals surface area (Å²) in [7, 11) is 0. The molecular formula is C17H24N2O2. The molecule has 1 atom stereocenters. The molecule has 2 heterocycles. The summed E-state index contributed by atoms with van der Waals surface area (Å²) in [5.41, 5.74) is 0.967. The van der Waals surface area contributed by atoms with Crippen LogP contribution in [0.4, 0.5) is 0 Å². The summed E-state index contributed by atoms with van der Waals surface area (Å²) >= 11 is 0. The number of rotatable bonds is 5. The molecule has 3 rings (SSSR count). The molecule has 1 unspecified atom stereocenters. The van der Waals surface area contributed by atoms with Gasteiger partial charge in [0.15, 0.2) is 0 Å². The minimum atomic E-state index is 0.237. The van der Waals surface area contributed by atoms with Crippen LogP contribution in [0.3, 0.4) is 0 Å². The van der Waals surface area contributed by atoms with E-state index in [0.29, 0.717) is 0 Å². The number of ether oxygens (including phenoxy) is 1. The second-order valence-electron chi connectivity index (χ2n) is 5.56. The third-order valence-electron chi connectivity index (χ3n) is 3.99. The van der Waals surface area contributed by atoms with Gasteiger partial charge in [-0.05, 0) is 25.1 Å². The average Bonchev–Trinajstić information content (AvgIpc) is 2.77. The largest absolute Gasteiger partial charge is 0.459 e. The van der Waals surface area contributed by atoms with Gasteiger partial charge >= 0.3 is 0 Å². The minimum absolute atomic E-state index is 0.237. The molecule has 0 spiro atoms. The quantitative estimate of drug-likeness (QED) is 0.918. The number of hydrogen-bond acceptors (Lipinski definition) is 4. The molecule has 1 aliphatic rings. The predicted molar refractivity (Wildman–Crippen MR) is 84.5 cm³/mol. The van der Waals surface area contributed by atoms with Crippen molar-refractivity contribution in [3.8, 4) is 0 Å². The van der Waals surface area contributed by atoms with Crippen LogP contribution in [0, 0.1) is 0 Å². The maximum Gasteiger partial charge on any atom is 0.134 e. The molecule has 0 saturated carbocycles. The van der Waals surface area contributed by atoms with E-state index in [-0.39, 0.29) is 6.04 Å². The summed E-state index contributed by atoms with van der Waals surface area (Å²) in [5.74, 6) is 1.03. The van der Waals surface area contributed by atoms with Gasteiger partial charge < -0.3 is 14.5 Å². The highest BCUT2D eigenvalue weighted by Gasteiger charge is 2.20. The molecule has 21 heavy (non-hydrogen) atoms. The molecule has 4 nitrogen and oxygen atoms in total. The number of hydrogen-bond donors (Lipinski definition) is 1. The van der Waals surface area contributed by atoms with Crippen molar-refractivity contribution >= 4 is 11.0 Å². The summed E-state index contributed by atoms with van der Waals surface area (Å²) in [6, 6.07) is 10.6. The number of benzene rings is 1. The molecule has 2 aromatic rings. The van der Waals surface area contributed by atoms with Gasteiger partial charge in [0.1, 0.15) is 11.3 Å². The molecule has 0 aliphatic carbocycles. The molecule has 0 bridgehead atoms. The van der Waals surface area contributed by atoms with Gasteiger partial charge in [-0.3, -0.25) is 4.90 Å². The van der Waals surface area contributed by atoms with E-state index in [1.54, 1.807) is 0 Å². The van der Waals surface area contributed by atoms with Crippen LogP contribution in [-0.4, -0.2) is 44.3 Å². The van der Waals surface area contributed by atoms with Crippen molar-refractivity contribution in [3.63, 3.8) is 0 Å². The zero-order chi connectivity index (χ0) is 14.5. The molecule has 1 N–H and O–H groups in total. The van der Waals surface area contributed by atoms with E-state index >= 15 is 0 Å². The van der Waals surface area contributed by atoms with E-state index in [1.165, 1.54) is 5.39 Å². The molecule has 1 saturated heterocycles. The Bertz CT molecular complexity index is 526. The molecule has 0 amide bonds. The van der Waals surface area contributed by atoms with Crippen LogP contribution in [-0.2, 0) is 4.74 Å². The van der Waals surface area contributed by atoms with Gasteiger partial charge in [0, 0.05) is 31.6 Å². The Morgan fingerprint density at radius 1 is 1.24 bits per heavy atom. The van der Waals surface area contributed by atoms with Crippen molar-refractivity contribution in [2.45, 2.75) is 19.4 Å². The lowest BCUT2D eigenvalue weighted by molar-refractivity contribution is 0.139. The number of fused-ring (bicyclic) bond motifs is 1. The van der Waals surface area contributed by atoms with Crippen LogP contribution >= 0.6 is 0 Å². The van der Waals surface area contributed by atoms with Crippen molar-refractivity contribution in [1.82, 2.24) is 10.2 Å². The first kappa shape index (κ1) is 14.6. The van der Waals surface area contributed by atoms with E-state index in [1.807, 2.05) is 12.1 Å². The van der Waals surface area contributed by atoms with E-state index in [4.69, 9.17) is 9.15 Å². The van der Waals surface area contributed by atoms with Gasteiger partial charge in [-0.25, -0.2) is 0 Å². The number of furan rings is 1. The second kappa shape index (κ2) is 7.07. The highest BCUT2D eigenvalue weighted by molar-refractivity contribution is 5.77. The summed E-state index contributed by atoms with van der Waals surface area (Å²) in [6.45, 7) is 7.86. The Balaban J connectivity index is 1.76. The standard InChI is InChI=1S/C17H24N2O2/c1-2-18-15(13-19-8-5-10-20-11-9-19)17-12-14-6-3-4-7-16(14)21-17/h3-4,6-7,12,15,18H,2,5,8-11,13H2,1H3. The third kappa shape index (κ3) is 3.64. The minimum Gasteiger partial charge on any atom is -0.459 e. The molecule has 1 aliphatic heterocycles. The summed E-state index contributed by atoms with van der Waals surface area (Å²) < 4.78 is 11.6. The fourth-order valence-electron chi connectivity index (χ4n) is 2.91.